The molecule has 6 N–H and O–H groups in total. The van der Waals surface area contributed by atoms with Crippen LogP contribution >= 0.6 is 0 Å². The van der Waals surface area contributed by atoms with Crippen LogP contribution in [0, 0.1) is 0 Å². The fourth-order valence-electron chi connectivity index (χ4n) is 8.60. The predicted molar refractivity (Wildman–Crippen MR) is 282 cm³/mol. The summed E-state index contributed by atoms with van der Waals surface area (Å²) in [6.07, 6.45) is 0.420. The number of hydrogen-bond acceptors (Lipinski definition) is 12. The lowest BCUT2D eigenvalue weighted by Gasteiger charge is -2.19. The van der Waals surface area contributed by atoms with Crippen molar-refractivity contribution in [3.63, 3.8) is 0 Å². The highest BCUT2D eigenvalue weighted by molar-refractivity contribution is 5.86. The van der Waals surface area contributed by atoms with Crippen molar-refractivity contribution in [2.75, 3.05) is 51.3 Å². The number of carboxylic acids is 1. The minimum Gasteiger partial charge on any atom is -0.480 e. The maximum Gasteiger partial charge on any atom is 0.411 e. The molecule has 0 bridgehead atoms. The number of aliphatic hydroxyl groups is 1. The van der Waals surface area contributed by atoms with Gasteiger partial charge in [-0.3, -0.25) is 10.6 Å². The third-order valence-electron chi connectivity index (χ3n) is 12.0. The van der Waals surface area contributed by atoms with Gasteiger partial charge in [-0.05, 0) is 79.9 Å². The number of esters is 1. The second kappa shape index (κ2) is 27.6. The van der Waals surface area contributed by atoms with Crippen molar-refractivity contribution in [3.8, 4) is 22.3 Å². The zero-order valence-corrected chi connectivity index (χ0v) is 41.4. The van der Waals surface area contributed by atoms with Gasteiger partial charge in [0.05, 0.1) is 7.11 Å². The first-order valence-electron chi connectivity index (χ1n) is 23.7. The standard InChI is InChI=1S/C29H28N2O6.C28H26N2O6.CH4O/c1-3-16-36-28(33)30-20-14-12-19(13-15-20)17-26(27(32)35-2)31-29(34)37-18-25-23-10-6-4-8-21(23)22-9-5-7-11-24(22)25;1-2-15-35-27(33)29-19-13-11-18(12-14-19)16-25(26(31)32)30-28(34)36-17-24-22-9-5-3-7-20(22)21-8-4-6-10-23(21)24;1-2/h3-15,25-26H,1,16-18H2,2H3,(H,30,33)(H,31,34);2-14,24-25H,1,15-17H2,(H,29,33)(H,30,34)(H,31,32);2H,1H3. The Morgan fingerprint density at radius 3 is 1.16 bits per heavy atom. The van der Waals surface area contributed by atoms with Crippen molar-refractivity contribution in [1.82, 2.24) is 10.6 Å². The number of carboxylic acid groups (broad SMARTS) is 1. The van der Waals surface area contributed by atoms with E-state index in [0.29, 0.717) is 16.9 Å². The summed E-state index contributed by atoms with van der Waals surface area (Å²) in [6.45, 7) is 7.38. The lowest BCUT2D eigenvalue weighted by atomic mass is 9.98. The third-order valence-corrected chi connectivity index (χ3v) is 12.0. The summed E-state index contributed by atoms with van der Waals surface area (Å²) in [5.74, 6) is -1.99. The number of methoxy groups -OCH3 is 1. The van der Waals surface area contributed by atoms with Crippen LogP contribution in [-0.2, 0) is 46.1 Å². The van der Waals surface area contributed by atoms with E-state index in [2.05, 4.69) is 46.6 Å². The lowest BCUT2D eigenvalue weighted by Crippen LogP contribution is -2.43. The summed E-state index contributed by atoms with van der Waals surface area (Å²) in [7, 11) is 2.26. The number of nitrogens with one attached hydrogen (secondary N) is 4. The van der Waals surface area contributed by atoms with Crippen LogP contribution in [0.5, 0.6) is 0 Å². The van der Waals surface area contributed by atoms with Gasteiger partial charge in [0.2, 0.25) is 0 Å². The largest absolute Gasteiger partial charge is 0.480 e. The predicted octanol–water partition coefficient (Wildman–Crippen LogP) is 9.61. The second-order valence-corrected chi connectivity index (χ2v) is 16.7. The molecule has 6 aromatic carbocycles. The van der Waals surface area contributed by atoms with E-state index in [-0.39, 0.29) is 51.1 Å². The van der Waals surface area contributed by atoms with Crippen LogP contribution in [0.1, 0.15) is 45.2 Å². The van der Waals surface area contributed by atoms with Crippen molar-refractivity contribution in [2.45, 2.75) is 36.8 Å². The van der Waals surface area contributed by atoms with Gasteiger partial charge in [0.1, 0.15) is 38.5 Å². The molecule has 388 valence electrons. The van der Waals surface area contributed by atoms with E-state index in [1.165, 1.54) is 19.3 Å². The number of rotatable bonds is 18. The van der Waals surface area contributed by atoms with E-state index >= 15 is 0 Å². The molecule has 75 heavy (non-hydrogen) atoms. The number of fused-ring (bicyclic) bond motifs is 6. The van der Waals surface area contributed by atoms with Crippen LogP contribution in [0.3, 0.4) is 0 Å². The number of anilines is 2. The number of ether oxygens (including phenoxy) is 5. The molecule has 0 aromatic heterocycles. The van der Waals surface area contributed by atoms with E-state index in [1.54, 1.807) is 48.5 Å². The number of benzene rings is 6. The molecule has 0 saturated heterocycles. The third kappa shape index (κ3) is 14.9. The van der Waals surface area contributed by atoms with Crippen LogP contribution < -0.4 is 21.3 Å². The Bertz CT molecular complexity index is 2870. The smallest absolute Gasteiger partial charge is 0.411 e. The minimum absolute atomic E-state index is 0.0424. The van der Waals surface area contributed by atoms with E-state index in [1.807, 2.05) is 84.9 Å². The maximum atomic E-state index is 12.7. The van der Waals surface area contributed by atoms with Gasteiger partial charge in [-0.25, -0.2) is 28.8 Å². The molecule has 2 aliphatic rings. The zero-order chi connectivity index (χ0) is 53.7. The second-order valence-electron chi connectivity index (χ2n) is 16.7. The quantitative estimate of drug-likeness (QED) is 0.0268. The molecule has 4 amide bonds. The topological polar surface area (TPSA) is 237 Å². The summed E-state index contributed by atoms with van der Waals surface area (Å²) in [4.78, 5) is 72.7. The zero-order valence-electron chi connectivity index (χ0n) is 41.4. The van der Waals surface area contributed by atoms with Crippen LogP contribution in [0.4, 0.5) is 30.6 Å². The molecule has 0 heterocycles. The molecule has 17 heteroatoms. The van der Waals surface area contributed by atoms with E-state index in [0.717, 1.165) is 57.2 Å². The van der Waals surface area contributed by atoms with Crippen molar-refractivity contribution < 1.29 is 62.7 Å². The Hall–Kier alpha value is -9.22. The molecular formula is C58H58N4O13. The Balaban J connectivity index is 0.000000236. The number of carbonyl (C=O) groups excluding carboxylic acids is 5. The maximum absolute atomic E-state index is 12.7. The molecule has 17 nitrogen and oxygen atoms in total. The highest BCUT2D eigenvalue weighted by atomic mass is 16.6. The first kappa shape index (κ1) is 55.1. The monoisotopic (exact) mass is 1020 g/mol. The van der Waals surface area contributed by atoms with Crippen molar-refractivity contribution in [1.29, 1.82) is 0 Å². The number of hydrogen-bond donors (Lipinski definition) is 6. The van der Waals surface area contributed by atoms with Gasteiger partial charge in [0.25, 0.3) is 0 Å². The highest BCUT2D eigenvalue weighted by Crippen LogP contribution is 2.45. The number of carbonyl (C=O) groups is 6. The number of aliphatic carboxylic acids is 1. The molecule has 8 rings (SSSR count). The van der Waals surface area contributed by atoms with Crippen molar-refractivity contribution >= 4 is 47.7 Å². The van der Waals surface area contributed by atoms with E-state index in [9.17, 15) is 33.9 Å². The molecule has 2 atom stereocenters. The molecule has 0 spiro atoms. The minimum atomic E-state index is -1.18. The molecule has 0 saturated carbocycles. The van der Waals surface area contributed by atoms with Gasteiger partial charge in [0, 0.05) is 43.2 Å². The fraction of sp³-hybridized carbons (Fsp3) is 0.207. The Labute approximate surface area is 434 Å². The molecule has 2 aliphatic carbocycles. The molecule has 0 fully saturated rings. The van der Waals surface area contributed by atoms with Gasteiger partial charge in [-0.2, -0.15) is 0 Å². The van der Waals surface area contributed by atoms with Gasteiger partial charge >= 0.3 is 36.3 Å². The van der Waals surface area contributed by atoms with Gasteiger partial charge in [0.15, 0.2) is 0 Å². The Morgan fingerprint density at radius 2 is 0.827 bits per heavy atom. The van der Waals surface area contributed by atoms with E-state index in [4.69, 9.17) is 28.8 Å². The van der Waals surface area contributed by atoms with Crippen LogP contribution in [-0.4, -0.2) is 99.3 Å². The van der Waals surface area contributed by atoms with Crippen LogP contribution in [0.25, 0.3) is 22.3 Å². The molecule has 0 radical (unpaired) electrons. The normalized spacial score (nSPS) is 12.3. The van der Waals surface area contributed by atoms with E-state index < -0.39 is 48.4 Å². The number of aliphatic hydroxyl groups excluding tert-OH is 1. The lowest BCUT2D eigenvalue weighted by molar-refractivity contribution is -0.143. The van der Waals surface area contributed by atoms with Crippen LogP contribution in [0.2, 0.25) is 0 Å². The SMILES string of the molecule is C=CCOC(=O)Nc1ccc(CC(NC(=O)OCC2c3ccccc3-c3ccccc32)C(=O)O)cc1.C=CCOC(=O)Nc1ccc(CC(NC(=O)OCC2c3ccccc3-c3ccccc32)C(=O)OC)cc1.CO. The average molecular weight is 1020 g/mol. The van der Waals surface area contributed by atoms with Gasteiger partial charge in [-0.15, -0.1) is 0 Å². The van der Waals surface area contributed by atoms with Crippen LogP contribution in [0.15, 0.2) is 171 Å². The summed E-state index contributed by atoms with van der Waals surface area (Å²) in [6, 6.07) is 43.3. The first-order valence-corrected chi connectivity index (χ1v) is 23.7. The number of alkyl carbamates (subject to hydrolysis) is 2. The van der Waals surface area contributed by atoms with Gasteiger partial charge in [-0.1, -0.05) is 147 Å². The summed E-state index contributed by atoms with van der Waals surface area (Å²) >= 11 is 0. The highest BCUT2D eigenvalue weighted by Gasteiger charge is 2.32. The Morgan fingerprint density at radius 1 is 0.493 bits per heavy atom. The molecule has 2 unspecified atom stereocenters. The fourth-order valence-corrected chi connectivity index (χ4v) is 8.60. The average Bonchev–Trinajstić information content (AvgIpc) is 3.95. The van der Waals surface area contributed by atoms with Gasteiger partial charge < -0.3 is 44.5 Å². The molecule has 6 aromatic rings. The number of amides is 4. The summed E-state index contributed by atoms with van der Waals surface area (Å²) in [5, 5.41) is 26.8. The Kier molecular flexibility index (Phi) is 20.2. The van der Waals surface area contributed by atoms with Crippen molar-refractivity contribution in [2.24, 2.45) is 0 Å². The molecular weight excluding hydrogens is 961 g/mol. The summed E-state index contributed by atoms with van der Waals surface area (Å²) < 4.78 is 25.7. The first-order chi connectivity index (χ1) is 36.5. The van der Waals surface area contributed by atoms with Crippen molar-refractivity contribution in [3.05, 3.63) is 204 Å². The molecule has 0 aliphatic heterocycles. The summed E-state index contributed by atoms with van der Waals surface area (Å²) in [5.41, 5.74) is 11.2.